The van der Waals surface area contributed by atoms with Crippen LogP contribution < -0.4 is 5.73 Å². The highest BCUT2D eigenvalue weighted by molar-refractivity contribution is 5.69. The van der Waals surface area contributed by atoms with E-state index in [1.54, 1.807) is 0 Å². The highest BCUT2D eigenvalue weighted by Crippen LogP contribution is 2.29. The molecule has 3 N–H and O–H groups in total. The predicted molar refractivity (Wildman–Crippen MR) is 75.7 cm³/mol. The molecule has 3 heteroatoms. The Bertz CT molecular complexity index is 567. The smallest absolute Gasteiger partial charge is 0.0955 e. The minimum absolute atomic E-state index is 0.647. The molecule has 96 valence electrons. The van der Waals surface area contributed by atoms with Gasteiger partial charge < -0.3 is 5.73 Å². The molecule has 1 aromatic heterocycles. The van der Waals surface area contributed by atoms with Gasteiger partial charge in [-0.3, -0.25) is 5.10 Å². The molecule has 0 radical (unpaired) electrons. The van der Waals surface area contributed by atoms with Crippen LogP contribution in [0.1, 0.15) is 27.9 Å². The Hall–Kier alpha value is -1.61. The second-order valence-electron chi connectivity index (χ2n) is 4.89. The summed E-state index contributed by atoms with van der Waals surface area (Å²) in [6.07, 6.45) is 0.850. The fourth-order valence-corrected chi connectivity index (χ4v) is 2.30. The zero-order valence-electron chi connectivity index (χ0n) is 11.6. The minimum Gasteiger partial charge on any atom is -0.330 e. The van der Waals surface area contributed by atoms with Crippen LogP contribution in [0.25, 0.3) is 11.3 Å². The van der Waals surface area contributed by atoms with E-state index in [9.17, 15) is 0 Å². The summed E-state index contributed by atoms with van der Waals surface area (Å²) in [4.78, 5) is 0. The number of hydrogen-bond donors (Lipinski definition) is 2. The first-order chi connectivity index (χ1) is 8.56. The molecule has 3 nitrogen and oxygen atoms in total. The van der Waals surface area contributed by atoms with E-state index >= 15 is 0 Å². The van der Waals surface area contributed by atoms with E-state index in [-0.39, 0.29) is 0 Å². The van der Waals surface area contributed by atoms with Gasteiger partial charge in [0.15, 0.2) is 0 Å². The van der Waals surface area contributed by atoms with E-state index in [1.807, 2.05) is 0 Å². The van der Waals surface area contributed by atoms with Crippen LogP contribution >= 0.6 is 0 Å². The SMILES string of the molecule is Cc1ccc(-c2n[nH]c(CCN)c2C)c(C)c1C. The Kier molecular flexibility index (Phi) is 3.53. The number of nitrogens with zero attached hydrogens (tertiary/aromatic N) is 1. The summed E-state index contributed by atoms with van der Waals surface area (Å²) >= 11 is 0. The summed E-state index contributed by atoms with van der Waals surface area (Å²) in [7, 11) is 0. The summed E-state index contributed by atoms with van der Waals surface area (Å²) in [5, 5.41) is 7.56. The van der Waals surface area contributed by atoms with E-state index in [0.717, 1.165) is 17.8 Å². The maximum Gasteiger partial charge on any atom is 0.0955 e. The number of aromatic amines is 1. The zero-order chi connectivity index (χ0) is 13.3. The third-order valence-corrected chi connectivity index (χ3v) is 3.82. The van der Waals surface area contributed by atoms with Crippen LogP contribution in [0.2, 0.25) is 0 Å². The molecule has 0 aliphatic rings. The fraction of sp³-hybridized carbons (Fsp3) is 0.400. The summed E-state index contributed by atoms with van der Waals surface area (Å²) in [6.45, 7) is 9.22. The molecule has 0 aliphatic heterocycles. The van der Waals surface area contributed by atoms with Crippen molar-refractivity contribution in [1.82, 2.24) is 10.2 Å². The van der Waals surface area contributed by atoms with Crippen molar-refractivity contribution < 1.29 is 0 Å². The van der Waals surface area contributed by atoms with Gasteiger partial charge in [0.05, 0.1) is 5.69 Å². The average Bonchev–Trinajstić information content (AvgIpc) is 2.70. The number of nitrogens with one attached hydrogen (secondary N) is 1. The van der Waals surface area contributed by atoms with Crippen LogP contribution in [0.3, 0.4) is 0 Å². The van der Waals surface area contributed by atoms with Crippen molar-refractivity contribution in [3.8, 4) is 11.3 Å². The molecular formula is C15H21N3. The molecule has 0 spiro atoms. The molecule has 0 bridgehead atoms. The third kappa shape index (κ3) is 2.06. The monoisotopic (exact) mass is 243 g/mol. The Morgan fingerprint density at radius 2 is 1.78 bits per heavy atom. The largest absolute Gasteiger partial charge is 0.330 e. The van der Waals surface area contributed by atoms with Gasteiger partial charge in [-0.2, -0.15) is 5.10 Å². The second kappa shape index (κ2) is 4.94. The van der Waals surface area contributed by atoms with Crippen molar-refractivity contribution in [2.75, 3.05) is 6.54 Å². The normalized spacial score (nSPS) is 10.9. The van der Waals surface area contributed by atoms with Crippen LogP contribution in [-0.2, 0) is 6.42 Å². The highest BCUT2D eigenvalue weighted by Gasteiger charge is 2.13. The number of benzene rings is 1. The van der Waals surface area contributed by atoms with Crippen molar-refractivity contribution >= 4 is 0 Å². The molecular weight excluding hydrogens is 222 g/mol. The molecule has 0 saturated carbocycles. The van der Waals surface area contributed by atoms with Gasteiger partial charge in [-0.1, -0.05) is 12.1 Å². The maximum absolute atomic E-state index is 5.60. The van der Waals surface area contributed by atoms with Gasteiger partial charge in [-0.15, -0.1) is 0 Å². The first-order valence-electron chi connectivity index (χ1n) is 6.37. The summed E-state index contributed by atoms with van der Waals surface area (Å²) in [6, 6.07) is 4.32. The predicted octanol–water partition coefficient (Wildman–Crippen LogP) is 2.81. The first kappa shape index (κ1) is 12.8. The lowest BCUT2D eigenvalue weighted by Gasteiger charge is -2.10. The third-order valence-electron chi connectivity index (χ3n) is 3.82. The molecule has 2 aromatic rings. The molecule has 18 heavy (non-hydrogen) atoms. The van der Waals surface area contributed by atoms with Gasteiger partial charge >= 0.3 is 0 Å². The Labute approximate surface area is 108 Å². The van der Waals surface area contributed by atoms with Crippen LogP contribution in [0.5, 0.6) is 0 Å². The van der Waals surface area contributed by atoms with Crippen molar-refractivity contribution in [3.05, 3.63) is 40.1 Å². The number of hydrogen-bond acceptors (Lipinski definition) is 2. The van der Waals surface area contributed by atoms with E-state index in [1.165, 1.54) is 27.8 Å². The van der Waals surface area contributed by atoms with Gasteiger partial charge in [0.1, 0.15) is 0 Å². The molecule has 0 saturated heterocycles. The van der Waals surface area contributed by atoms with Crippen LogP contribution in [0.15, 0.2) is 12.1 Å². The van der Waals surface area contributed by atoms with Gasteiger partial charge in [-0.05, 0) is 56.5 Å². The average molecular weight is 243 g/mol. The number of aromatic nitrogens is 2. The van der Waals surface area contributed by atoms with Gasteiger partial charge in [0.25, 0.3) is 0 Å². The van der Waals surface area contributed by atoms with Crippen molar-refractivity contribution in [2.45, 2.75) is 34.1 Å². The summed E-state index contributed by atoms with van der Waals surface area (Å²) in [5.41, 5.74) is 14.2. The van der Waals surface area contributed by atoms with E-state index in [0.29, 0.717) is 6.54 Å². The molecule has 0 fully saturated rings. The number of nitrogens with two attached hydrogens (primary N) is 1. The Morgan fingerprint density at radius 3 is 2.44 bits per heavy atom. The van der Waals surface area contributed by atoms with Crippen LogP contribution in [0.4, 0.5) is 0 Å². The molecule has 0 amide bonds. The lowest BCUT2D eigenvalue weighted by Crippen LogP contribution is -2.04. The molecule has 0 aliphatic carbocycles. The standard InChI is InChI=1S/C15H21N3/c1-9-5-6-13(11(3)10(9)2)15-12(4)14(7-8-16)17-18-15/h5-6H,7-8,16H2,1-4H3,(H,17,18). The molecule has 1 aromatic carbocycles. The lowest BCUT2D eigenvalue weighted by atomic mass is 9.95. The minimum atomic E-state index is 0.647. The summed E-state index contributed by atoms with van der Waals surface area (Å²) in [5.74, 6) is 0. The molecule has 0 atom stereocenters. The Morgan fingerprint density at radius 1 is 1.06 bits per heavy atom. The topological polar surface area (TPSA) is 54.7 Å². The first-order valence-corrected chi connectivity index (χ1v) is 6.37. The second-order valence-corrected chi connectivity index (χ2v) is 4.89. The number of rotatable bonds is 3. The molecule has 0 unspecified atom stereocenters. The van der Waals surface area contributed by atoms with Crippen LogP contribution in [0, 0.1) is 27.7 Å². The summed E-state index contributed by atoms with van der Waals surface area (Å²) < 4.78 is 0. The van der Waals surface area contributed by atoms with Gasteiger partial charge in [-0.25, -0.2) is 0 Å². The highest BCUT2D eigenvalue weighted by atomic mass is 15.1. The van der Waals surface area contributed by atoms with Gasteiger partial charge in [0, 0.05) is 17.7 Å². The number of aryl methyl sites for hydroxylation is 1. The Balaban J connectivity index is 2.53. The van der Waals surface area contributed by atoms with E-state index < -0.39 is 0 Å². The van der Waals surface area contributed by atoms with Crippen molar-refractivity contribution in [3.63, 3.8) is 0 Å². The molecule has 2 rings (SSSR count). The number of H-pyrrole nitrogens is 1. The van der Waals surface area contributed by atoms with E-state index in [2.05, 4.69) is 50.0 Å². The van der Waals surface area contributed by atoms with Crippen molar-refractivity contribution in [1.29, 1.82) is 0 Å². The molecule has 1 heterocycles. The van der Waals surface area contributed by atoms with Gasteiger partial charge in [0.2, 0.25) is 0 Å². The lowest BCUT2D eigenvalue weighted by molar-refractivity contribution is 0.896. The quantitative estimate of drug-likeness (QED) is 0.871. The van der Waals surface area contributed by atoms with E-state index in [4.69, 9.17) is 5.73 Å². The fourth-order valence-electron chi connectivity index (χ4n) is 2.30. The van der Waals surface area contributed by atoms with Crippen molar-refractivity contribution in [2.24, 2.45) is 5.73 Å². The maximum atomic E-state index is 5.60. The van der Waals surface area contributed by atoms with Crippen LogP contribution in [-0.4, -0.2) is 16.7 Å². The zero-order valence-corrected chi connectivity index (χ0v) is 11.6.